The van der Waals surface area contributed by atoms with E-state index in [-0.39, 0.29) is 11.9 Å². The molecule has 0 saturated carbocycles. The summed E-state index contributed by atoms with van der Waals surface area (Å²) in [7, 11) is 1.84. The van der Waals surface area contributed by atoms with E-state index in [9.17, 15) is 4.79 Å². The summed E-state index contributed by atoms with van der Waals surface area (Å²) >= 11 is 0. The number of carbonyl (C=O) groups excluding carboxylic acids is 1. The van der Waals surface area contributed by atoms with E-state index in [1.54, 1.807) is 11.1 Å². The molecule has 0 spiro atoms. The quantitative estimate of drug-likeness (QED) is 0.867. The molecule has 0 N–H and O–H groups in total. The van der Waals surface area contributed by atoms with Crippen LogP contribution in [0.1, 0.15) is 29.8 Å². The van der Waals surface area contributed by atoms with Gasteiger partial charge in [-0.15, -0.1) is 0 Å². The van der Waals surface area contributed by atoms with Crippen LogP contribution in [0.15, 0.2) is 42.9 Å². The standard InChI is InChI=1S/C18H22N4O/c1-14(17-7-9-19-13-20-17)21(2)18(23)12-22-10-8-15-5-3-4-6-16(15)11-22/h3-7,9,13-14H,8,10-12H2,1-2H3. The Balaban J connectivity index is 1.61. The van der Waals surface area contributed by atoms with E-state index >= 15 is 0 Å². The van der Waals surface area contributed by atoms with E-state index in [4.69, 9.17) is 0 Å². The molecule has 0 radical (unpaired) electrons. The minimum atomic E-state index is -0.0532. The van der Waals surface area contributed by atoms with Crippen LogP contribution in [0, 0.1) is 0 Å². The van der Waals surface area contributed by atoms with E-state index in [0.29, 0.717) is 6.54 Å². The van der Waals surface area contributed by atoms with Gasteiger partial charge in [0.2, 0.25) is 5.91 Å². The van der Waals surface area contributed by atoms with Crippen molar-refractivity contribution in [2.24, 2.45) is 0 Å². The van der Waals surface area contributed by atoms with Gasteiger partial charge in [0.25, 0.3) is 0 Å². The first-order valence-electron chi connectivity index (χ1n) is 7.96. The fourth-order valence-electron chi connectivity index (χ4n) is 2.95. The van der Waals surface area contributed by atoms with Crippen LogP contribution in [-0.4, -0.2) is 45.8 Å². The molecule has 3 rings (SSSR count). The van der Waals surface area contributed by atoms with Gasteiger partial charge >= 0.3 is 0 Å². The molecule has 1 aliphatic heterocycles. The minimum Gasteiger partial charge on any atom is -0.336 e. The van der Waals surface area contributed by atoms with Gasteiger partial charge < -0.3 is 4.90 Å². The topological polar surface area (TPSA) is 49.3 Å². The van der Waals surface area contributed by atoms with E-state index in [1.807, 2.05) is 20.0 Å². The van der Waals surface area contributed by atoms with Gasteiger partial charge in [-0.2, -0.15) is 0 Å². The zero-order chi connectivity index (χ0) is 16.2. The number of amides is 1. The van der Waals surface area contributed by atoms with Crippen LogP contribution in [0.5, 0.6) is 0 Å². The Morgan fingerprint density at radius 3 is 2.83 bits per heavy atom. The predicted octanol–water partition coefficient (Wildman–Crippen LogP) is 2.05. The smallest absolute Gasteiger partial charge is 0.237 e. The van der Waals surface area contributed by atoms with E-state index in [2.05, 4.69) is 39.1 Å². The van der Waals surface area contributed by atoms with Crippen molar-refractivity contribution in [3.8, 4) is 0 Å². The molecule has 1 aliphatic rings. The van der Waals surface area contributed by atoms with Gasteiger partial charge in [0.15, 0.2) is 0 Å². The summed E-state index contributed by atoms with van der Waals surface area (Å²) in [6, 6.07) is 10.3. The highest BCUT2D eigenvalue weighted by atomic mass is 16.2. The van der Waals surface area contributed by atoms with Gasteiger partial charge in [0.05, 0.1) is 18.3 Å². The summed E-state index contributed by atoms with van der Waals surface area (Å²) in [4.78, 5) is 24.7. The summed E-state index contributed by atoms with van der Waals surface area (Å²) in [5, 5.41) is 0. The Kier molecular flexibility index (Phi) is 4.67. The van der Waals surface area contributed by atoms with E-state index in [1.165, 1.54) is 17.5 Å². The molecule has 1 atom stereocenters. The average molecular weight is 310 g/mol. The second kappa shape index (κ2) is 6.87. The van der Waals surface area contributed by atoms with Gasteiger partial charge in [0, 0.05) is 26.3 Å². The van der Waals surface area contributed by atoms with Crippen molar-refractivity contribution in [2.75, 3.05) is 20.1 Å². The van der Waals surface area contributed by atoms with Crippen LogP contribution in [0.3, 0.4) is 0 Å². The van der Waals surface area contributed by atoms with Gasteiger partial charge in [-0.3, -0.25) is 9.69 Å². The second-order valence-corrected chi connectivity index (χ2v) is 6.04. The molecule has 1 amide bonds. The molecular formula is C18H22N4O. The maximum absolute atomic E-state index is 12.6. The van der Waals surface area contributed by atoms with Crippen LogP contribution in [-0.2, 0) is 17.8 Å². The molecule has 1 aromatic heterocycles. The molecule has 1 aromatic carbocycles. The third-order valence-electron chi connectivity index (χ3n) is 4.58. The first-order valence-corrected chi connectivity index (χ1v) is 7.96. The Morgan fingerprint density at radius 1 is 1.30 bits per heavy atom. The van der Waals surface area contributed by atoms with E-state index < -0.39 is 0 Å². The van der Waals surface area contributed by atoms with Crippen LogP contribution in [0.4, 0.5) is 0 Å². The molecule has 0 aliphatic carbocycles. The van der Waals surface area contributed by atoms with Crippen molar-refractivity contribution in [1.82, 2.24) is 19.8 Å². The molecule has 1 unspecified atom stereocenters. The zero-order valence-corrected chi connectivity index (χ0v) is 13.6. The van der Waals surface area contributed by atoms with Crippen LogP contribution >= 0.6 is 0 Å². The maximum Gasteiger partial charge on any atom is 0.237 e. The van der Waals surface area contributed by atoms with Crippen molar-refractivity contribution in [2.45, 2.75) is 25.9 Å². The third kappa shape index (κ3) is 3.56. The highest BCUT2D eigenvalue weighted by Gasteiger charge is 2.23. The fraction of sp³-hybridized carbons (Fsp3) is 0.389. The normalized spacial score (nSPS) is 15.7. The lowest BCUT2D eigenvalue weighted by Crippen LogP contribution is -2.41. The summed E-state index contributed by atoms with van der Waals surface area (Å²) < 4.78 is 0. The molecule has 5 heteroatoms. The van der Waals surface area contributed by atoms with Gasteiger partial charge in [-0.25, -0.2) is 9.97 Å². The maximum atomic E-state index is 12.6. The number of hydrogen-bond acceptors (Lipinski definition) is 4. The summed E-state index contributed by atoms with van der Waals surface area (Å²) in [5.41, 5.74) is 3.59. The number of fused-ring (bicyclic) bond motifs is 1. The molecule has 0 bridgehead atoms. The van der Waals surface area contributed by atoms with Crippen LogP contribution in [0.2, 0.25) is 0 Å². The SMILES string of the molecule is CC(c1ccncn1)N(C)C(=O)CN1CCc2ccccc2C1. The van der Waals surface area contributed by atoms with Crippen molar-refractivity contribution < 1.29 is 4.79 Å². The Bertz CT molecular complexity index is 674. The van der Waals surface area contributed by atoms with Crippen molar-refractivity contribution in [3.63, 3.8) is 0 Å². The predicted molar refractivity (Wildman–Crippen MR) is 88.6 cm³/mol. The Hall–Kier alpha value is -2.27. The number of rotatable bonds is 4. The number of carbonyl (C=O) groups is 1. The van der Waals surface area contributed by atoms with Crippen molar-refractivity contribution >= 4 is 5.91 Å². The monoisotopic (exact) mass is 310 g/mol. The largest absolute Gasteiger partial charge is 0.336 e. The highest BCUT2D eigenvalue weighted by molar-refractivity contribution is 5.78. The van der Waals surface area contributed by atoms with Crippen molar-refractivity contribution in [1.29, 1.82) is 0 Å². The van der Waals surface area contributed by atoms with Crippen LogP contribution < -0.4 is 0 Å². The Morgan fingerprint density at radius 2 is 2.09 bits per heavy atom. The molecule has 120 valence electrons. The number of likely N-dealkylation sites (N-methyl/N-ethyl adjacent to an activating group) is 1. The van der Waals surface area contributed by atoms with E-state index in [0.717, 1.165) is 25.2 Å². The molecule has 23 heavy (non-hydrogen) atoms. The fourth-order valence-corrected chi connectivity index (χ4v) is 2.95. The van der Waals surface area contributed by atoms with Gasteiger partial charge in [-0.05, 0) is 30.5 Å². The third-order valence-corrected chi connectivity index (χ3v) is 4.58. The first kappa shape index (κ1) is 15.6. The van der Waals surface area contributed by atoms with Crippen LogP contribution in [0.25, 0.3) is 0 Å². The zero-order valence-electron chi connectivity index (χ0n) is 13.6. The molecule has 0 fully saturated rings. The highest BCUT2D eigenvalue weighted by Crippen LogP contribution is 2.20. The van der Waals surface area contributed by atoms with Crippen molar-refractivity contribution in [3.05, 3.63) is 59.7 Å². The molecule has 2 heterocycles. The lowest BCUT2D eigenvalue weighted by Gasteiger charge is -2.31. The number of nitrogens with zero attached hydrogens (tertiary/aromatic N) is 4. The second-order valence-electron chi connectivity index (χ2n) is 6.04. The lowest BCUT2D eigenvalue weighted by molar-refractivity contribution is -0.133. The average Bonchev–Trinajstić information content (AvgIpc) is 2.61. The summed E-state index contributed by atoms with van der Waals surface area (Å²) in [5.74, 6) is 0.121. The number of benzene rings is 1. The molecule has 2 aromatic rings. The summed E-state index contributed by atoms with van der Waals surface area (Å²) in [6.07, 6.45) is 4.24. The number of hydrogen-bond donors (Lipinski definition) is 0. The van der Waals surface area contributed by atoms with Gasteiger partial charge in [0.1, 0.15) is 6.33 Å². The molecule has 0 saturated heterocycles. The first-order chi connectivity index (χ1) is 11.1. The molecule has 5 nitrogen and oxygen atoms in total. The van der Waals surface area contributed by atoms with Gasteiger partial charge in [-0.1, -0.05) is 24.3 Å². The minimum absolute atomic E-state index is 0.0532. The Labute approximate surface area is 137 Å². The lowest BCUT2D eigenvalue weighted by atomic mass is 10.00. The molecular weight excluding hydrogens is 288 g/mol. The summed E-state index contributed by atoms with van der Waals surface area (Å²) in [6.45, 7) is 4.21. The number of aromatic nitrogens is 2.